The molecule has 0 spiro atoms. The minimum Gasteiger partial charge on any atom is -0.329 e. The molecule has 1 fully saturated rings. The molecule has 0 N–H and O–H groups in total. The molecule has 1 aromatic rings. The van der Waals surface area contributed by atoms with E-state index in [1.165, 1.54) is 6.07 Å². The second-order valence-corrected chi connectivity index (χ2v) is 6.28. The molecule has 0 aliphatic carbocycles. The van der Waals surface area contributed by atoms with Gasteiger partial charge in [-0.2, -0.15) is 0 Å². The van der Waals surface area contributed by atoms with E-state index < -0.39 is 6.04 Å². The summed E-state index contributed by atoms with van der Waals surface area (Å²) in [4.78, 5) is 27.9. The number of nitrogens with zero attached hydrogens (tertiary/aromatic N) is 2. The zero-order valence-corrected chi connectivity index (χ0v) is 13.6. The summed E-state index contributed by atoms with van der Waals surface area (Å²) in [5.41, 5.74) is 1.10. The molecule has 1 atom stereocenters. The number of hydrogen-bond acceptors (Lipinski definition) is 2. The molecule has 0 bridgehead atoms. The predicted octanol–water partition coefficient (Wildman–Crippen LogP) is 2.74. The molecule has 2 rings (SSSR count). The number of amides is 2. The van der Waals surface area contributed by atoms with Crippen LogP contribution in [-0.2, 0) is 9.59 Å². The molecule has 1 aliphatic rings. The maximum atomic E-state index is 13.7. The third-order valence-electron chi connectivity index (χ3n) is 4.03. The molecule has 4 nitrogen and oxygen atoms in total. The van der Waals surface area contributed by atoms with Crippen molar-refractivity contribution in [2.45, 2.75) is 40.2 Å². The number of aryl methyl sites for hydroxylation is 1. The van der Waals surface area contributed by atoms with Gasteiger partial charge in [-0.1, -0.05) is 19.9 Å². The lowest BCUT2D eigenvalue weighted by Crippen LogP contribution is -2.58. The SMILES string of the molecule is Cc1ccc(N2CCN(C(=O)CC(C)C)[C@H](C)C2=O)cc1F. The van der Waals surface area contributed by atoms with Crippen molar-refractivity contribution in [3.8, 4) is 0 Å². The maximum absolute atomic E-state index is 13.7. The van der Waals surface area contributed by atoms with Crippen LogP contribution in [0.5, 0.6) is 0 Å². The van der Waals surface area contributed by atoms with Gasteiger partial charge in [0, 0.05) is 25.2 Å². The smallest absolute Gasteiger partial charge is 0.249 e. The molecule has 120 valence electrons. The first-order valence-corrected chi connectivity index (χ1v) is 7.68. The summed E-state index contributed by atoms with van der Waals surface area (Å²) < 4.78 is 13.7. The Morgan fingerprint density at radius 3 is 2.64 bits per heavy atom. The summed E-state index contributed by atoms with van der Waals surface area (Å²) in [6, 6.07) is 4.28. The molecule has 2 amide bonds. The minimum absolute atomic E-state index is 0.00517. The fourth-order valence-corrected chi connectivity index (χ4v) is 2.68. The monoisotopic (exact) mass is 306 g/mol. The van der Waals surface area contributed by atoms with E-state index in [0.29, 0.717) is 30.8 Å². The average Bonchev–Trinajstić information content (AvgIpc) is 2.44. The standard InChI is InChI=1S/C17H23FN2O2/c1-11(2)9-16(21)19-7-8-20(17(22)13(19)4)14-6-5-12(3)15(18)10-14/h5-6,10-11,13H,7-9H2,1-4H3/t13-/m1/s1. The van der Waals surface area contributed by atoms with E-state index in [2.05, 4.69) is 0 Å². The van der Waals surface area contributed by atoms with Crippen molar-refractivity contribution in [3.63, 3.8) is 0 Å². The van der Waals surface area contributed by atoms with Gasteiger partial charge < -0.3 is 9.80 Å². The maximum Gasteiger partial charge on any atom is 0.249 e. The molecule has 1 aliphatic heterocycles. The first-order chi connectivity index (χ1) is 10.3. The Labute approximate surface area is 130 Å². The number of benzene rings is 1. The van der Waals surface area contributed by atoms with Gasteiger partial charge in [-0.05, 0) is 37.5 Å². The Hall–Kier alpha value is -1.91. The third kappa shape index (κ3) is 3.29. The first-order valence-electron chi connectivity index (χ1n) is 7.68. The summed E-state index contributed by atoms with van der Waals surface area (Å²) >= 11 is 0. The molecule has 1 aromatic carbocycles. The highest BCUT2D eigenvalue weighted by molar-refractivity contribution is 6.00. The van der Waals surface area contributed by atoms with E-state index in [4.69, 9.17) is 0 Å². The quantitative estimate of drug-likeness (QED) is 0.861. The molecule has 1 heterocycles. The molecule has 1 saturated heterocycles. The summed E-state index contributed by atoms with van der Waals surface area (Å²) in [6.07, 6.45) is 0.441. The van der Waals surface area contributed by atoms with E-state index in [9.17, 15) is 14.0 Å². The van der Waals surface area contributed by atoms with Crippen molar-refractivity contribution in [1.82, 2.24) is 4.90 Å². The van der Waals surface area contributed by atoms with Gasteiger partial charge in [0.25, 0.3) is 0 Å². The number of anilines is 1. The molecule has 0 unspecified atom stereocenters. The average molecular weight is 306 g/mol. The van der Waals surface area contributed by atoms with E-state index in [1.807, 2.05) is 13.8 Å². The summed E-state index contributed by atoms with van der Waals surface area (Å²) in [6.45, 7) is 8.26. The Kier molecular flexibility index (Phi) is 4.84. The van der Waals surface area contributed by atoms with E-state index in [0.717, 1.165) is 0 Å². The number of carbonyl (C=O) groups is 2. The van der Waals surface area contributed by atoms with Crippen LogP contribution in [0.3, 0.4) is 0 Å². The Morgan fingerprint density at radius 2 is 2.05 bits per heavy atom. The Morgan fingerprint density at radius 1 is 1.36 bits per heavy atom. The van der Waals surface area contributed by atoms with Gasteiger partial charge in [-0.25, -0.2) is 4.39 Å². The van der Waals surface area contributed by atoms with Crippen LogP contribution < -0.4 is 4.90 Å². The van der Waals surface area contributed by atoms with Gasteiger partial charge in [-0.3, -0.25) is 9.59 Å². The lowest BCUT2D eigenvalue weighted by atomic mass is 10.1. The highest BCUT2D eigenvalue weighted by Crippen LogP contribution is 2.23. The Balaban J connectivity index is 2.15. The lowest BCUT2D eigenvalue weighted by Gasteiger charge is -2.39. The number of hydrogen-bond donors (Lipinski definition) is 0. The molecule has 22 heavy (non-hydrogen) atoms. The van der Waals surface area contributed by atoms with E-state index in [1.54, 1.807) is 35.8 Å². The third-order valence-corrected chi connectivity index (χ3v) is 4.03. The minimum atomic E-state index is -0.510. The summed E-state index contributed by atoms with van der Waals surface area (Å²) in [7, 11) is 0. The van der Waals surface area contributed by atoms with Crippen LogP contribution >= 0.6 is 0 Å². The van der Waals surface area contributed by atoms with Crippen LogP contribution in [0.25, 0.3) is 0 Å². The number of halogens is 1. The van der Waals surface area contributed by atoms with Crippen LogP contribution in [0, 0.1) is 18.7 Å². The van der Waals surface area contributed by atoms with Crippen molar-refractivity contribution in [2.75, 3.05) is 18.0 Å². The van der Waals surface area contributed by atoms with Gasteiger partial charge in [0.05, 0.1) is 0 Å². The fourth-order valence-electron chi connectivity index (χ4n) is 2.68. The second-order valence-electron chi connectivity index (χ2n) is 6.28. The number of rotatable bonds is 3. The van der Waals surface area contributed by atoms with Crippen LogP contribution in [0.15, 0.2) is 18.2 Å². The number of carbonyl (C=O) groups excluding carboxylic acids is 2. The van der Waals surface area contributed by atoms with Crippen molar-refractivity contribution in [2.24, 2.45) is 5.92 Å². The molecular formula is C17H23FN2O2. The summed E-state index contributed by atoms with van der Waals surface area (Å²) in [5.74, 6) is -0.215. The normalized spacial score (nSPS) is 19.0. The van der Waals surface area contributed by atoms with Crippen LogP contribution in [0.1, 0.15) is 32.8 Å². The van der Waals surface area contributed by atoms with Gasteiger partial charge >= 0.3 is 0 Å². The van der Waals surface area contributed by atoms with Gasteiger partial charge in [0.15, 0.2) is 0 Å². The largest absolute Gasteiger partial charge is 0.329 e. The highest BCUT2D eigenvalue weighted by Gasteiger charge is 2.35. The van der Waals surface area contributed by atoms with Crippen molar-refractivity contribution in [3.05, 3.63) is 29.6 Å². The molecule has 0 radical (unpaired) electrons. The van der Waals surface area contributed by atoms with Crippen molar-refractivity contribution < 1.29 is 14.0 Å². The first kappa shape index (κ1) is 16.5. The van der Waals surface area contributed by atoms with E-state index >= 15 is 0 Å². The number of piperazine rings is 1. The van der Waals surface area contributed by atoms with Crippen molar-refractivity contribution in [1.29, 1.82) is 0 Å². The predicted molar refractivity (Wildman–Crippen MR) is 84.1 cm³/mol. The van der Waals surface area contributed by atoms with Gasteiger partial charge in [0.2, 0.25) is 11.8 Å². The van der Waals surface area contributed by atoms with Gasteiger partial charge in [0.1, 0.15) is 11.9 Å². The Bertz CT molecular complexity index is 586. The lowest BCUT2D eigenvalue weighted by molar-refractivity contribution is -0.141. The van der Waals surface area contributed by atoms with Crippen LogP contribution in [0.2, 0.25) is 0 Å². The fraction of sp³-hybridized carbons (Fsp3) is 0.529. The second kappa shape index (κ2) is 6.46. The zero-order valence-electron chi connectivity index (χ0n) is 13.6. The van der Waals surface area contributed by atoms with Crippen LogP contribution in [0.4, 0.5) is 10.1 Å². The van der Waals surface area contributed by atoms with E-state index in [-0.39, 0.29) is 23.5 Å². The molecule has 0 aromatic heterocycles. The molecule has 5 heteroatoms. The molecular weight excluding hydrogens is 283 g/mol. The van der Waals surface area contributed by atoms with Gasteiger partial charge in [-0.15, -0.1) is 0 Å². The summed E-state index contributed by atoms with van der Waals surface area (Å²) in [5, 5.41) is 0. The van der Waals surface area contributed by atoms with Crippen molar-refractivity contribution >= 4 is 17.5 Å². The zero-order chi connectivity index (χ0) is 16.4. The molecule has 0 saturated carbocycles. The van der Waals surface area contributed by atoms with Crippen LogP contribution in [-0.4, -0.2) is 35.8 Å². The highest BCUT2D eigenvalue weighted by atomic mass is 19.1. The topological polar surface area (TPSA) is 40.6 Å².